The third kappa shape index (κ3) is 1.52. The van der Waals surface area contributed by atoms with Gasteiger partial charge in [-0.2, -0.15) is 0 Å². The number of nitrogens with one attached hydrogen (secondary N) is 1. The van der Waals surface area contributed by atoms with Gasteiger partial charge in [-0.05, 0) is 18.2 Å². The topological polar surface area (TPSA) is 45.8 Å². The van der Waals surface area contributed by atoms with Crippen molar-refractivity contribution in [1.82, 2.24) is 9.97 Å². The molecule has 1 aromatic carbocycles. The van der Waals surface area contributed by atoms with E-state index in [-0.39, 0.29) is 0 Å². The van der Waals surface area contributed by atoms with Gasteiger partial charge >= 0.3 is 0 Å². The lowest BCUT2D eigenvalue weighted by Gasteiger charge is -1.97. The van der Waals surface area contributed by atoms with Crippen molar-refractivity contribution in [3.63, 3.8) is 0 Å². The SMILES string of the molecule is O=Cc1c(-c2ccccn2)[nH]c2ccccc12. The van der Waals surface area contributed by atoms with Crippen molar-refractivity contribution in [3.8, 4) is 11.4 Å². The number of rotatable bonds is 2. The zero-order chi connectivity index (χ0) is 11.7. The molecule has 0 atom stereocenters. The van der Waals surface area contributed by atoms with Gasteiger partial charge in [0.25, 0.3) is 0 Å². The van der Waals surface area contributed by atoms with Crippen molar-refractivity contribution in [2.45, 2.75) is 0 Å². The molecular formula is C14H10N2O. The zero-order valence-corrected chi connectivity index (χ0v) is 9.05. The van der Waals surface area contributed by atoms with Gasteiger partial charge in [0.05, 0.1) is 11.4 Å². The molecule has 0 radical (unpaired) electrons. The average Bonchev–Trinajstić information content (AvgIpc) is 2.78. The largest absolute Gasteiger partial charge is 0.353 e. The van der Waals surface area contributed by atoms with Crippen molar-refractivity contribution in [1.29, 1.82) is 0 Å². The highest BCUT2D eigenvalue weighted by Crippen LogP contribution is 2.27. The van der Waals surface area contributed by atoms with Crippen LogP contribution >= 0.6 is 0 Å². The molecule has 0 bridgehead atoms. The number of carbonyl (C=O) groups is 1. The minimum Gasteiger partial charge on any atom is -0.353 e. The third-order valence-corrected chi connectivity index (χ3v) is 2.79. The Labute approximate surface area is 98.1 Å². The summed E-state index contributed by atoms with van der Waals surface area (Å²) in [5, 5.41) is 0.933. The van der Waals surface area contributed by atoms with Crippen LogP contribution in [0.4, 0.5) is 0 Å². The van der Waals surface area contributed by atoms with Crippen LogP contribution in [-0.2, 0) is 0 Å². The van der Waals surface area contributed by atoms with Crippen molar-refractivity contribution < 1.29 is 4.79 Å². The normalized spacial score (nSPS) is 10.6. The summed E-state index contributed by atoms with van der Waals surface area (Å²) in [5.41, 5.74) is 3.18. The van der Waals surface area contributed by atoms with Gasteiger partial charge in [0, 0.05) is 22.7 Å². The van der Waals surface area contributed by atoms with E-state index in [2.05, 4.69) is 9.97 Å². The molecule has 17 heavy (non-hydrogen) atoms. The number of carbonyl (C=O) groups excluding carboxylic acids is 1. The Hall–Kier alpha value is -2.42. The molecule has 0 saturated carbocycles. The molecule has 0 aliphatic rings. The molecule has 0 fully saturated rings. The number of nitrogens with zero attached hydrogens (tertiary/aromatic N) is 1. The summed E-state index contributed by atoms with van der Waals surface area (Å²) < 4.78 is 0. The Kier molecular flexibility index (Phi) is 2.22. The highest BCUT2D eigenvalue weighted by molar-refractivity contribution is 6.03. The molecule has 3 aromatic rings. The van der Waals surface area contributed by atoms with Crippen LogP contribution in [0.25, 0.3) is 22.3 Å². The second kappa shape index (κ2) is 3.87. The molecule has 0 spiro atoms. The lowest BCUT2D eigenvalue weighted by Crippen LogP contribution is -1.86. The van der Waals surface area contributed by atoms with Crippen LogP contribution in [0.5, 0.6) is 0 Å². The van der Waals surface area contributed by atoms with Crippen LogP contribution in [0.2, 0.25) is 0 Å². The molecule has 3 heteroatoms. The quantitative estimate of drug-likeness (QED) is 0.677. The standard InChI is InChI=1S/C14H10N2O/c17-9-11-10-5-1-2-6-12(10)16-14(11)13-7-3-4-8-15-13/h1-9,16H. The number of para-hydroxylation sites is 1. The molecule has 0 amide bonds. The second-order valence-corrected chi connectivity index (χ2v) is 3.79. The van der Waals surface area contributed by atoms with Crippen LogP contribution in [-0.4, -0.2) is 16.3 Å². The smallest absolute Gasteiger partial charge is 0.152 e. The first-order valence-electron chi connectivity index (χ1n) is 5.37. The molecule has 82 valence electrons. The number of fused-ring (bicyclic) bond motifs is 1. The van der Waals surface area contributed by atoms with Gasteiger partial charge in [-0.1, -0.05) is 24.3 Å². The molecule has 0 aliphatic carbocycles. The van der Waals surface area contributed by atoms with Crippen LogP contribution in [0, 0.1) is 0 Å². The van der Waals surface area contributed by atoms with Crippen LogP contribution in [0.1, 0.15) is 10.4 Å². The van der Waals surface area contributed by atoms with E-state index in [4.69, 9.17) is 0 Å². The highest BCUT2D eigenvalue weighted by atomic mass is 16.1. The van der Waals surface area contributed by atoms with E-state index in [1.54, 1.807) is 6.20 Å². The lowest BCUT2D eigenvalue weighted by atomic mass is 10.1. The maximum atomic E-state index is 11.2. The fourth-order valence-corrected chi connectivity index (χ4v) is 2.00. The first kappa shape index (κ1) is 9.78. The Morgan fingerprint density at radius 1 is 1.06 bits per heavy atom. The van der Waals surface area contributed by atoms with E-state index in [9.17, 15) is 4.79 Å². The number of benzene rings is 1. The van der Waals surface area contributed by atoms with E-state index >= 15 is 0 Å². The zero-order valence-electron chi connectivity index (χ0n) is 9.05. The molecule has 0 unspecified atom stereocenters. The summed E-state index contributed by atoms with van der Waals surface area (Å²) in [6, 6.07) is 13.4. The molecule has 3 nitrogen and oxygen atoms in total. The Bertz CT molecular complexity index is 671. The molecule has 0 aliphatic heterocycles. The van der Waals surface area contributed by atoms with Gasteiger partial charge in [0.2, 0.25) is 0 Å². The Morgan fingerprint density at radius 3 is 2.65 bits per heavy atom. The van der Waals surface area contributed by atoms with E-state index < -0.39 is 0 Å². The fraction of sp³-hybridized carbons (Fsp3) is 0. The summed E-state index contributed by atoms with van der Waals surface area (Å²) >= 11 is 0. The van der Waals surface area contributed by atoms with Gasteiger partial charge in [0.15, 0.2) is 6.29 Å². The first-order valence-corrected chi connectivity index (χ1v) is 5.37. The Morgan fingerprint density at radius 2 is 1.88 bits per heavy atom. The molecule has 2 aromatic heterocycles. The number of pyridine rings is 1. The first-order chi connectivity index (χ1) is 8.40. The van der Waals surface area contributed by atoms with Crippen molar-refractivity contribution in [2.24, 2.45) is 0 Å². The summed E-state index contributed by atoms with van der Waals surface area (Å²) in [6.07, 6.45) is 2.60. The monoisotopic (exact) mass is 222 g/mol. The average molecular weight is 222 g/mol. The number of H-pyrrole nitrogens is 1. The lowest BCUT2D eigenvalue weighted by molar-refractivity contribution is 0.112. The van der Waals surface area contributed by atoms with E-state index in [1.807, 2.05) is 42.5 Å². The Balaban J connectivity index is 2.33. The van der Waals surface area contributed by atoms with E-state index in [1.165, 1.54) is 0 Å². The van der Waals surface area contributed by atoms with Crippen molar-refractivity contribution in [2.75, 3.05) is 0 Å². The third-order valence-electron chi connectivity index (χ3n) is 2.79. The molecular weight excluding hydrogens is 212 g/mol. The van der Waals surface area contributed by atoms with Crippen LogP contribution in [0.3, 0.4) is 0 Å². The van der Waals surface area contributed by atoms with E-state index in [0.717, 1.165) is 28.6 Å². The van der Waals surface area contributed by atoms with E-state index in [0.29, 0.717) is 5.56 Å². The predicted octanol–water partition coefficient (Wildman–Crippen LogP) is 3.04. The predicted molar refractivity (Wildman–Crippen MR) is 66.9 cm³/mol. The number of hydrogen-bond donors (Lipinski definition) is 1. The molecule has 3 rings (SSSR count). The summed E-state index contributed by atoms with van der Waals surface area (Å²) in [7, 11) is 0. The van der Waals surface area contributed by atoms with Gasteiger partial charge in [0.1, 0.15) is 0 Å². The minimum absolute atomic E-state index is 0.666. The number of hydrogen-bond acceptors (Lipinski definition) is 2. The van der Waals surface area contributed by atoms with Crippen molar-refractivity contribution in [3.05, 3.63) is 54.2 Å². The number of aromatic amines is 1. The number of aldehydes is 1. The second-order valence-electron chi connectivity index (χ2n) is 3.79. The van der Waals surface area contributed by atoms with Gasteiger partial charge in [-0.3, -0.25) is 9.78 Å². The molecule has 2 heterocycles. The molecule has 1 N–H and O–H groups in total. The van der Waals surface area contributed by atoms with Crippen LogP contribution in [0.15, 0.2) is 48.7 Å². The summed E-state index contributed by atoms with van der Waals surface area (Å²) in [4.78, 5) is 18.7. The summed E-state index contributed by atoms with van der Waals surface area (Å²) in [6.45, 7) is 0. The van der Waals surface area contributed by atoms with Gasteiger partial charge in [-0.25, -0.2) is 0 Å². The van der Waals surface area contributed by atoms with Gasteiger partial charge in [-0.15, -0.1) is 0 Å². The summed E-state index contributed by atoms with van der Waals surface area (Å²) in [5.74, 6) is 0. The maximum Gasteiger partial charge on any atom is 0.152 e. The molecule has 0 saturated heterocycles. The van der Waals surface area contributed by atoms with Crippen molar-refractivity contribution >= 4 is 17.2 Å². The van der Waals surface area contributed by atoms with Crippen LogP contribution < -0.4 is 0 Å². The number of aromatic nitrogens is 2. The minimum atomic E-state index is 0.666. The maximum absolute atomic E-state index is 11.2. The fourth-order valence-electron chi connectivity index (χ4n) is 2.00. The van der Waals surface area contributed by atoms with Gasteiger partial charge < -0.3 is 4.98 Å². The highest BCUT2D eigenvalue weighted by Gasteiger charge is 2.12.